The molecule has 0 aromatic rings. The van der Waals surface area contributed by atoms with Gasteiger partial charge in [0.15, 0.2) is 0 Å². The van der Waals surface area contributed by atoms with Gasteiger partial charge in [0, 0.05) is 18.6 Å². The average molecular weight is 273 g/mol. The maximum atomic E-state index is 2.23. The van der Waals surface area contributed by atoms with Gasteiger partial charge < -0.3 is 0 Å². The van der Waals surface area contributed by atoms with Crippen LogP contribution in [0.25, 0.3) is 0 Å². The van der Waals surface area contributed by atoms with Crippen LogP contribution < -0.4 is 0 Å². The molecule has 0 bridgehead atoms. The summed E-state index contributed by atoms with van der Waals surface area (Å²) in [4.78, 5) is 0. The molecule has 0 saturated carbocycles. The van der Waals surface area contributed by atoms with Crippen molar-refractivity contribution in [1.29, 1.82) is 0 Å². The first-order chi connectivity index (χ1) is 7.16. The summed E-state index contributed by atoms with van der Waals surface area (Å²) in [5.74, 6) is 0. The fourth-order valence-corrected chi connectivity index (χ4v) is 1.05. The SMILES string of the molecule is CC=CC=CCC1=CC=CC1.CP(C)C.[V]. The van der Waals surface area contributed by atoms with E-state index in [1.807, 2.05) is 13.0 Å². The second-order valence-corrected chi connectivity index (χ2v) is 6.64. The summed E-state index contributed by atoms with van der Waals surface area (Å²) in [6.45, 7) is 8.72. The van der Waals surface area contributed by atoms with Gasteiger partial charge >= 0.3 is 0 Å². The van der Waals surface area contributed by atoms with Crippen molar-refractivity contribution in [2.24, 2.45) is 0 Å². The van der Waals surface area contributed by atoms with Crippen molar-refractivity contribution in [3.63, 3.8) is 0 Å². The third kappa shape index (κ3) is 14.0. The Hall–Kier alpha value is -0.0256. The molecular formula is C14H23PV. The fourth-order valence-electron chi connectivity index (χ4n) is 1.05. The third-order valence-corrected chi connectivity index (χ3v) is 1.67. The zero-order valence-corrected chi connectivity index (χ0v) is 13.1. The molecule has 1 aliphatic rings. The van der Waals surface area contributed by atoms with E-state index in [1.54, 1.807) is 0 Å². The minimum atomic E-state index is 0. The molecular weight excluding hydrogens is 250 g/mol. The topological polar surface area (TPSA) is 0 Å². The van der Waals surface area contributed by atoms with Crippen LogP contribution in [-0.4, -0.2) is 20.0 Å². The average Bonchev–Trinajstić information content (AvgIpc) is 2.64. The molecule has 0 heterocycles. The molecule has 0 N–H and O–H groups in total. The largest absolute Gasteiger partial charge is 0.116 e. The van der Waals surface area contributed by atoms with E-state index in [0.717, 1.165) is 12.8 Å². The molecule has 0 aromatic carbocycles. The van der Waals surface area contributed by atoms with Gasteiger partial charge in [-0.25, -0.2) is 0 Å². The Morgan fingerprint density at radius 3 is 2.31 bits per heavy atom. The van der Waals surface area contributed by atoms with Gasteiger partial charge in [-0.05, 0) is 39.8 Å². The summed E-state index contributed by atoms with van der Waals surface area (Å²) in [7, 11) is 0.380. The van der Waals surface area contributed by atoms with Crippen molar-refractivity contribution in [2.45, 2.75) is 19.8 Å². The summed E-state index contributed by atoms with van der Waals surface area (Å²) < 4.78 is 0. The minimum Gasteiger partial charge on any atom is -0.116 e. The van der Waals surface area contributed by atoms with E-state index < -0.39 is 0 Å². The van der Waals surface area contributed by atoms with Crippen molar-refractivity contribution in [1.82, 2.24) is 0 Å². The molecule has 0 atom stereocenters. The van der Waals surface area contributed by atoms with E-state index in [4.69, 9.17) is 0 Å². The molecule has 0 unspecified atom stereocenters. The molecule has 1 aliphatic carbocycles. The first-order valence-electron chi connectivity index (χ1n) is 5.40. The van der Waals surface area contributed by atoms with Crippen LogP contribution in [-0.2, 0) is 18.6 Å². The smallest absolute Gasteiger partial charge is 0 e. The van der Waals surface area contributed by atoms with Crippen LogP contribution in [0.1, 0.15) is 19.8 Å². The van der Waals surface area contributed by atoms with E-state index >= 15 is 0 Å². The molecule has 0 aliphatic heterocycles. The van der Waals surface area contributed by atoms with Crippen LogP contribution in [0.15, 0.2) is 48.1 Å². The van der Waals surface area contributed by atoms with Crippen LogP contribution >= 0.6 is 7.92 Å². The Bertz CT molecular complexity index is 257. The Morgan fingerprint density at radius 1 is 1.25 bits per heavy atom. The number of rotatable bonds is 3. The van der Waals surface area contributed by atoms with Crippen molar-refractivity contribution in [2.75, 3.05) is 20.0 Å². The van der Waals surface area contributed by atoms with Crippen LogP contribution in [0.2, 0.25) is 0 Å². The van der Waals surface area contributed by atoms with Gasteiger partial charge in [-0.1, -0.05) is 48.1 Å². The molecule has 0 spiro atoms. The Labute approximate surface area is 114 Å². The van der Waals surface area contributed by atoms with Crippen molar-refractivity contribution in [3.8, 4) is 0 Å². The van der Waals surface area contributed by atoms with E-state index in [0.29, 0.717) is 7.92 Å². The van der Waals surface area contributed by atoms with Crippen molar-refractivity contribution in [3.05, 3.63) is 48.1 Å². The molecule has 0 amide bonds. The number of hydrogen-bond donors (Lipinski definition) is 0. The second-order valence-electron chi connectivity index (χ2n) is 3.96. The molecule has 89 valence electrons. The maximum absolute atomic E-state index is 2.23. The Morgan fingerprint density at radius 2 is 1.88 bits per heavy atom. The summed E-state index contributed by atoms with van der Waals surface area (Å²) >= 11 is 0. The van der Waals surface area contributed by atoms with E-state index in [2.05, 4.69) is 56.5 Å². The molecule has 1 radical (unpaired) electrons. The van der Waals surface area contributed by atoms with Crippen molar-refractivity contribution >= 4 is 7.92 Å². The molecule has 0 saturated heterocycles. The number of hydrogen-bond acceptors (Lipinski definition) is 0. The summed E-state index contributed by atoms with van der Waals surface area (Å²) in [6.07, 6.45) is 17.1. The molecule has 16 heavy (non-hydrogen) atoms. The predicted molar refractivity (Wildman–Crippen MR) is 75.1 cm³/mol. The molecule has 2 heteroatoms. The molecule has 1 rings (SSSR count). The maximum Gasteiger partial charge on any atom is 0 e. The van der Waals surface area contributed by atoms with E-state index in [-0.39, 0.29) is 18.6 Å². The Kier molecular flexibility index (Phi) is 15.0. The summed E-state index contributed by atoms with van der Waals surface area (Å²) in [5, 5.41) is 0. The van der Waals surface area contributed by atoms with Crippen LogP contribution in [0, 0.1) is 0 Å². The first-order valence-corrected chi connectivity index (χ1v) is 8.08. The standard InChI is InChI=1S/C11H14.C3H9P.V/c1-2-3-4-5-8-11-9-6-7-10-11;1-4(2)3;/h2-7,9H,8,10H2,1H3;1-3H3;. The molecule has 0 fully saturated rings. The molecule has 0 nitrogen and oxygen atoms in total. The normalized spacial score (nSPS) is 13.9. The quantitative estimate of drug-likeness (QED) is 0.514. The third-order valence-electron chi connectivity index (χ3n) is 1.67. The van der Waals surface area contributed by atoms with Crippen LogP contribution in [0.3, 0.4) is 0 Å². The zero-order valence-electron chi connectivity index (χ0n) is 10.9. The summed E-state index contributed by atoms with van der Waals surface area (Å²) in [5.41, 5.74) is 1.51. The van der Waals surface area contributed by atoms with E-state index in [1.165, 1.54) is 5.57 Å². The predicted octanol–water partition coefficient (Wildman–Crippen LogP) is 4.75. The van der Waals surface area contributed by atoms with Crippen molar-refractivity contribution < 1.29 is 18.6 Å². The van der Waals surface area contributed by atoms with Gasteiger partial charge in [0.2, 0.25) is 0 Å². The van der Waals surface area contributed by atoms with Gasteiger partial charge in [-0.2, -0.15) is 0 Å². The van der Waals surface area contributed by atoms with Gasteiger partial charge in [0.05, 0.1) is 0 Å². The summed E-state index contributed by atoms with van der Waals surface area (Å²) in [6, 6.07) is 0. The van der Waals surface area contributed by atoms with Crippen LogP contribution in [0.4, 0.5) is 0 Å². The minimum absolute atomic E-state index is 0. The molecule has 0 aromatic heterocycles. The Balaban J connectivity index is 0. The zero-order chi connectivity index (χ0) is 11.5. The van der Waals surface area contributed by atoms with E-state index in [9.17, 15) is 0 Å². The van der Waals surface area contributed by atoms with Gasteiger partial charge in [0.1, 0.15) is 0 Å². The fraction of sp³-hybridized carbons (Fsp3) is 0.429. The van der Waals surface area contributed by atoms with Gasteiger partial charge in [-0.15, -0.1) is 7.92 Å². The van der Waals surface area contributed by atoms with Gasteiger partial charge in [-0.3, -0.25) is 0 Å². The first kappa shape index (κ1) is 18.3. The monoisotopic (exact) mass is 273 g/mol. The van der Waals surface area contributed by atoms with Gasteiger partial charge in [0.25, 0.3) is 0 Å². The van der Waals surface area contributed by atoms with Crippen LogP contribution in [0.5, 0.6) is 0 Å². The second kappa shape index (κ2) is 13.0. The number of allylic oxidation sites excluding steroid dienone is 8.